The molecule has 2 N–H and O–H groups in total. The summed E-state index contributed by atoms with van der Waals surface area (Å²) in [5.74, 6) is 1.20. The number of hydrogen-bond acceptors (Lipinski definition) is 5. The molecular formula is C14H19ClN4O. The first-order valence-corrected chi connectivity index (χ1v) is 6.62. The molecule has 0 aliphatic carbocycles. The molecular weight excluding hydrogens is 276 g/mol. The van der Waals surface area contributed by atoms with Gasteiger partial charge >= 0.3 is 0 Å². The van der Waals surface area contributed by atoms with Crippen molar-refractivity contribution in [3.63, 3.8) is 0 Å². The summed E-state index contributed by atoms with van der Waals surface area (Å²) in [7, 11) is 0. The van der Waals surface area contributed by atoms with Crippen LogP contribution in [0, 0.1) is 6.92 Å². The van der Waals surface area contributed by atoms with Gasteiger partial charge in [0.2, 0.25) is 5.89 Å². The number of hydrogen-bond donors (Lipinski definition) is 1. The van der Waals surface area contributed by atoms with E-state index in [4.69, 9.17) is 10.3 Å². The van der Waals surface area contributed by atoms with Crippen molar-refractivity contribution in [3.8, 4) is 0 Å². The molecule has 0 unspecified atom stereocenters. The van der Waals surface area contributed by atoms with Crippen LogP contribution < -0.4 is 10.6 Å². The Bertz CT molecular complexity index is 584. The summed E-state index contributed by atoms with van der Waals surface area (Å²) in [6, 6.07) is 6.61. The molecule has 6 heteroatoms. The molecule has 2 aromatic rings. The molecule has 0 bridgehead atoms. The summed E-state index contributed by atoms with van der Waals surface area (Å²) in [5, 5.41) is 3.96. The Kier molecular flexibility index (Phi) is 4.62. The van der Waals surface area contributed by atoms with Crippen LogP contribution in [0.4, 0.5) is 5.69 Å². The Morgan fingerprint density at radius 2 is 2.25 bits per heavy atom. The van der Waals surface area contributed by atoms with E-state index < -0.39 is 0 Å². The lowest BCUT2D eigenvalue weighted by atomic mass is 9.99. The van der Waals surface area contributed by atoms with E-state index in [2.05, 4.69) is 40.2 Å². The van der Waals surface area contributed by atoms with Crippen molar-refractivity contribution in [2.45, 2.75) is 32.9 Å². The third-order valence-electron chi connectivity index (χ3n) is 3.47. The number of halogens is 1. The number of rotatable bonds is 3. The van der Waals surface area contributed by atoms with Crippen LogP contribution in [0.2, 0.25) is 0 Å². The van der Waals surface area contributed by atoms with Gasteiger partial charge in [-0.3, -0.25) is 0 Å². The number of benzene rings is 1. The molecule has 108 valence electrons. The van der Waals surface area contributed by atoms with Gasteiger partial charge in [0, 0.05) is 12.2 Å². The average molecular weight is 295 g/mol. The molecule has 0 amide bonds. The highest BCUT2D eigenvalue weighted by molar-refractivity contribution is 5.85. The Hall–Kier alpha value is -1.59. The molecule has 3 rings (SSSR count). The molecule has 1 aromatic carbocycles. The van der Waals surface area contributed by atoms with Crippen LogP contribution in [0.5, 0.6) is 0 Å². The summed E-state index contributed by atoms with van der Waals surface area (Å²) < 4.78 is 5.05. The maximum absolute atomic E-state index is 5.48. The van der Waals surface area contributed by atoms with E-state index in [1.165, 1.54) is 16.8 Å². The zero-order chi connectivity index (χ0) is 13.2. The fourth-order valence-corrected chi connectivity index (χ4v) is 2.58. The van der Waals surface area contributed by atoms with Crippen LogP contribution >= 0.6 is 12.4 Å². The first-order valence-electron chi connectivity index (χ1n) is 6.62. The van der Waals surface area contributed by atoms with E-state index in [0.717, 1.165) is 19.4 Å². The third-order valence-corrected chi connectivity index (χ3v) is 3.47. The standard InChI is InChI=1S/C14H18N4O.ClH/c1-10-4-5-12-11(7-10)3-2-6-18(12)9-13-16-14(8-15)19-17-13;/h4-5,7H,2-3,6,8-9,15H2,1H3;1H. The van der Waals surface area contributed by atoms with E-state index in [0.29, 0.717) is 24.8 Å². The van der Waals surface area contributed by atoms with Crippen molar-refractivity contribution >= 4 is 18.1 Å². The summed E-state index contributed by atoms with van der Waals surface area (Å²) in [5.41, 5.74) is 9.49. The number of fused-ring (bicyclic) bond motifs is 1. The van der Waals surface area contributed by atoms with Crippen LogP contribution in [0.25, 0.3) is 0 Å². The van der Waals surface area contributed by atoms with Crippen molar-refractivity contribution in [1.29, 1.82) is 0 Å². The zero-order valence-corrected chi connectivity index (χ0v) is 12.3. The van der Waals surface area contributed by atoms with Crippen LogP contribution in [0.3, 0.4) is 0 Å². The maximum atomic E-state index is 5.48. The minimum absolute atomic E-state index is 0. The lowest BCUT2D eigenvalue weighted by Crippen LogP contribution is -2.29. The number of anilines is 1. The summed E-state index contributed by atoms with van der Waals surface area (Å²) in [6.07, 6.45) is 2.31. The Balaban J connectivity index is 0.00000147. The van der Waals surface area contributed by atoms with Gasteiger partial charge in [-0.2, -0.15) is 4.98 Å². The van der Waals surface area contributed by atoms with Crippen molar-refractivity contribution in [3.05, 3.63) is 41.0 Å². The maximum Gasteiger partial charge on any atom is 0.240 e. The van der Waals surface area contributed by atoms with Crippen molar-refractivity contribution < 1.29 is 4.52 Å². The van der Waals surface area contributed by atoms with Crippen LogP contribution in [0.1, 0.15) is 29.3 Å². The Morgan fingerprint density at radius 1 is 1.40 bits per heavy atom. The molecule has 0 fully saturated rings. The molecule has 20 heavy (non-hydrogen) atoms. The molecule has 1 aliphatic heterocycles. The van der Waals surface area contributed by atoms with Gasteiger partial charge in [0.25, 0.3) is 0 Å². The number of nitrogens with zero attached hydrogens (tertiary/aromatic N) is 3. The average Bonchev–Trinajstić information content (AvgIpc) is 2.86. The van der Waals surface area contributed by atoms with E-state index in [-0.39, 0.29) is 12.4 Å². The Labute approximate surface area is 124 Å². The molecule has 0 radical (unpaired) electrons. The lowest BCUT2D eigenvalue weighted by Gasteiger charge is -2.30. The first kappa shape index (κ1) is 14.8. The second-order valence-electron chi connectivity index (χ2n) is 4.97. The van der Waals surface area contributed by atoms with Gasteiger partial charge in [0.05, 0.1) is 13.1 Å². The fourth-order valence-electron chi connectivity index (χ4n) is 2.58. The van der Waals surface area contributed by atoms with E-state index in [1.54, 1.807) is 0 Å². The second kappa shape index (κ2) is 6.24. The van der Waals surface area contributed by atoms with Crippen LogP contribution in [-0.4, -0.2) is 16.7 Å². The summed E-state index contributed by atoms with van der Waals surface area (Å²) >= 11 is 0. The first-order chi connectivity index (χ1) is 9.26. The second-order valence-corrected chi connectivity index (χ2v) is 4.97. The van der Waals surface area contributed by atoms with Crippen molar-refractivity contribution in [2.75, 3.05) is 11.4 Å². The van der Waals surface area contributed by atoms with Crippen LogP contribution in [-0.2, 0) is 19.5 Å². The molecule has 2 heterocycles. The van der Waals surface area contributed by atoms with Gasteiger partial charge < -0.3 is 15.2 Å². The highest BCUT2D eigenvalue weighted by Crippen LogP contribution is 2.28. The number of aromatic nitrogens is 2. The van der Waals surface area contributed by atoms with Gasteiger partial charge in [0.15, 0.2) is 5.82 Å². The van der Waals surface area contributed by atoms with Gasteiger partial charge in [-0.05, 0) is 31.4 Å². The number of aryl methyl sites for hydroxylation is 2. The van der Waals surface area contributed by atoms with Gasteiger partial charge in [0.1, 0.15) is 0 Å². The van der Waals surface area contributed by atoms with Gasteiger partial charge in [-0.25, -0.2) is 0 Å². The quantitative estimate of drug-likeness (QED) is 0.940. The van der Waals surface area contributed by atoms with Crippen molar-refractivity contribution in [1.82, 2.24) is 10.1 Å². The summed E-state index contributed by atoms with van der Waals surface area (Å²) in [6.45, 7) is 4.14. The van der Waals surface area contributed by atoms with E-state index in [1.807, 2.05) is 0 Å². The molecule has 0 spiro atoms. The minimum atomic E-state index is 0. The SMILES string of the molecule is Cc1ccc2c(c1)CCCN2Cc1noc(CN)n1.Cl. The molecule has 0 atom stereocenters. The molecule has 5 nitrogen and oxygen atoms in total. The fraction of sp³-hybridized carbons (Fsp3) is 0.429. The molecule has 1 aliphatic rings. The smallest absolute Gasteiger partial charge is 0.240 e. The van der Waals surface area contributed by atoms with E-state index >= 15 is 0 Å². The highest BCUT2D eigenvalue weighted by atomic mass is 35.5. The molecule has 1 aromatic heterocycles. The predicted octanol–water partition coefficient (Wildman–Crippen LogP) is 2.21. The highest BCUT2D eigenvalue weighted by Gasteiger charge is 2.18. The van der Waals surface area contributed by atoms with Gasteiger partial charge in [-0.15, -0.1) is 12.4 Å². The molecule has 0 saturated carbocycles. The Morgan fingerprint density at radius 3 is 3.00 bits per heavy atom. The minimum Gasteiger partial charge on any atom is -0.364 e. The molecule has 0 saturated heterocycles. The van der Waals surface area contributed by atoms with Crippen molar-refractivity contribution in [2.24, 2.45) is 5.73 Å². The largest absolute Gasteiger partial charge is 0.364 e. The topological polar surface area (TPSA) is 68.2 Å². The third kappa shape index (κ3) is 2.94. The van der Waals surface area contributed by atoms with E-state index in [9.17, 15) is 0 Å². The predicted molar refractivity (Wildman–Crippen MR) is 80.0 cm³/mol. The lowest BCUT2D eigenvalue weighted by molar-refractivity contribution is 0.374. The van der Waals surface area contributed by atoms with Crippen LogP contribution in [0.15, 0.2) is 22.7 Å². The normalized spacial score (nSPS) is 13.8. The van der Waals surface area contributed by atoms with Gasteiger partial charge in [-0.1, -0.05) is 22.9 Å². The summed E-state index contributed by atoms with van der Waals surface area (Å²) in [4.78, 5) is 6.58. The monoisotopic (exact) mass is 294 g/mol. The zero-order valence-electron chi connectivity index (χ0n) is 11.5. The number of nitrogens with two attached hydrogens (primary N) is 1.